The summed E-state index contributed by atoms with van der Waals surface area (Å²) >= 11 is 0. The van der Waals surface area contributed by atoms with Crippen LogP contribution in [0.5, 0.6) is 0 Å². The van der Waals surface area contributed by atoms with Crippen LogP contribution in [0.25, 0.3) is 0 Å². The molecule has 5 nitrogen and oxygen atoms in total. The first-order chi connectivity index (χ1) is 18.1. The number of hydrogen-bond donors (Lipinski definition) is 2. The highest BCUT2D eigenvalue weighted by Crippen LogP contribution is 2.28. The van der Waals surface area contributed by atoms with Gasteiger partial charge in [0.15, 0.2) is 0 Å². The summed E-state index contributed by atoms with van der Waals surface area (Å²) in [5.41, 5.74) is 6.33. The highest BCUT2D eigenvalue weighted by atomic mass is 16.2. The smallest absolute Gasteiger partial charge is 0.255 e. The van der Waals surface area contributed by atoms with Crippen LogP contribution in [-0.4, -0.2) is 18.4 Å². The SMILES string of the molecule is C[C@H](NC(=O)c1ccccc1NC(=O)c1ccc(CN2CCCc3ccccc32)cc1)c1ccccc1. The maximum absolute atomic E-state index is 13.0. The molecule has 1 aliphatic heterocycles. The molecule has 37 heavy (non-hydrogen) atoms. The summed E-state index contributed by atoms with van der Waals surface area (Å²) in [6.45, 7) is 3.78. The number of nitrogens with zero attached hydrogens (tertiary/aromatic N) is 1. The molecule has 5 heteroatoms. The van der Waals surface area contributed by atoms with Gasteiger partial charge >= 0.3 is 0 Å². The van der Waals surface area contributed by atoms with Gasteiger partial charge in [0.1, 0.15) is 0 Å². The molecule has 0 fully saturated rings. The van der Waals surface area contributed by atoms with Crippen LogP contribution in [0.3, 0.4) is 0 Å². The van der Waals surface area contributed by atoms with Gasteiger partial charge in [-0.25, -0.2) is 0 Å². The topological polar surface area (TPSA) is 61.4 Å². The lowest BCUT2D eigenvalue weighted by atomic mass is 10.0. The van der Waals surface area contributed by atoms with E-state index in [1.54, 1.807) is 18.2 Å². The summed E-state index contributed by atoms with van der Waals surface area (Å²) in [4.78, 5) is 28.5. The Bertz CT molecular complexity index is 1380. The summed E-state index contributed by atoms with van der Waals surface area (Å²) in [6, 6.07) is 33.0. The monoisotopic (exact) mass is 489 g/mol. The molecule has 186 valence electrons. The number of carbonyl (C=O) groups is 2. The molecule has 0 aromatic heterocycles. The lowest BCUT2D eigenvalue weighted by Crippen LogP contribution is -2.28. The molecule has 0 unspecified atom stereocenters. The average molecular weight is 490 g/mol. The highest BCUT2D eigenvalue weighted by molar-refractivity contribution is 6.09. The third-order valence-electron chi connectivity index (χ3n) is 6.86. The van der Waals surface area contributed by atoms with Crippen molar-refractivity contribution in [3.05, 3.63) is 131 Å². The number of nitrogens with one attached hydrogen (secondary N) is 2. The van der Waals surface area contributed by atoms with Crippen molar-refractivity contribution in [2.45, 2.75) is 32.4 Å². The molecular formula is C32H31N3O2. The maximum atomic E-state index is 13.0. The standard InChI is InChI=1S/C32H31N3O2/c1-23(25-10-3-2-4-11-25)33-32(37)28-14-6-7-15-29(28)34-31(36)27-19-17-24(18-20-27)22-35-21-9-13-26-12-5-8-16-30(26)35/h2-8,10-12,14-20,23H,9,13,21-22H2,1H3,(H,33,37)(H,34,36)/t23-/m0/s1. The van der Waals surface area contributed by atoms with Crippen LogP contribution < -0.4 is 15.5 Å². The summed E-state index contributed by atoms with van der Waals surface area (Å²) in [5.74, 6) is -0.476. The van der Waals surface area contributed by atoms with Gasteiger partial charge in [-0.15, -0.1) is 0 Å². The Labute approximate surface area is 218 Å². The molecule has 2 N–H and O–H groups in total. The zero-order valence-corrected chi connectivity index (χ0v) is 21.0. The quantitative estimate of drug-likeness (QED) is 0.317. The largest absolute Gasteiger partial charge is 0.367 e. The van der Waals surface area contributed by atoms with Gasteiger partial charge in [0, 0.05) is 24.3 Å². The van der Waals surface area contributed by atoms with Crippen molar-refractivity contribution in [2.75, 3.05) is 16.8 Å². The van der Waals surface area contributed by atoms with Crippen LogP contribution in [0.4, 0.5) is 11.4 Å². The fourth-order valence-electron chi connectivity index (χ4n) is 4.84. The molecule has 0 radical (unpaired) electrons. The number of hydrogen-bond acceptors (Lipinski definition) is 3. The van der Waals surface area contributed by atoms with Gasteiger partial charge in [-0.1, -0.05) is 72.8 Å². The average Bonchev–Trinajstić information content (AvgIpc) is 2.94. The van der Waals surface area contributed by atoms with E-state index < -0.39 is 0 Å². The normalized spacial score (nSPS) is 13.4. The molecule has 2 amide bonds. The number of anilines is 2. The van der Waals surface area contributed by atoms with Gasteiger partial charge in [-0.3, -0.25) is 9.59 Å². The van der Waals surface area contributed by atoms with Crippen molar-refractivity contribution in [1.82, 2.24) is 5.32 Å². The third kappa shape index (κ3) is 5.72. The molecule has 1 aliphatic rings. The Balaban J connectivity index is 1.25. The van der Waals surface area contributed by atoms with Crippen LogP contribution in [0.2, 0.25) is 0 Å². The summed E-state index contributed by atoms with van der Waals surface area (Å²) < 4.78 is 0. The van der Waals surface area contributed by atoms with Crippen molar-refractivity contribution in [3.8, 4) is 0 Å². The van der Waals surface area contributed by atoms with Gasteiger partial charge < -0.3 is 15.5 Å². The number of carbonyl (C=O) groups excluding carboxylic acids is 2. The first-order valence-electron chi connectivity index (χ1n) is 12.8. The van der Waals surface area contributed by atoms with Gasteiger partial charge in [0.2, 0.25) is 0 Å². The van der Waals surface area contributed by atoms with E-state index in [4.69, 9.17) is 0 Å². The zero-order chi connectivity index (χ0) is 25.6. The predicted octanol–water partition coefficient (Wildman–Crippen LogP) is 6.38. The second-order valence-corrected chi connectivity index (χ2v) is 9.46. The molecule has 1 atom stereocenters. The van der Waals surface area contributed by atoms with Gasteiger partial charge in [-0.2, -0.15) is 0 Å². The van der Waals surface area contributed by atoms with E-state index in [1.165, 1.54) is 11.3 Å². The minimum atomic E-state index is -0.244. The number of amides is 2. The van der Waals surface area contributed by atoms with E-state index >= 15 is 0 Å². The first-order valence-corrected chi connectivity index (χ1v) is 12.8. The number of fused-ring (bicyclic) bond motifs is 1. The molecule has 4 aromatic rings. The lowest BCUT2D eigenvalue weighted by molar-refractivity contribution is 0.0940. The Morgan fingerprint density at radius 2 is 1.51 bits per heavy atom. The molecule has 0 bridgehead atoms. The number of para-hydroxylation sites is 2. The van der Waals surface area contributed by atoms with E-state index in [0.717, 1.165) is 37.1 Å². The van der Waals surface area contributed by atoms with Crippen LogP contribution >= 0.6 is 0 Å². The Morgan fingerprint density at radius 1 is 0.811 bits per heavy atom. The van der Waals surface area contributed by atoms with Crippen LogP contribution in [0.1, 0.15) is 56.8 Å². The second-order valence-electron chi connectivity index (χ2n) is 9.46. The van der Waals surface area contributed by atoms with Crippen molar-refractivity contribution >= 4 is 23.2 Å². The van der Waals surface area contributed by atoms with Gasteiger partial charge in [0.25, 0.3) is 11.8 Å². The molecule has 0 saturated carbocycles. The van der Waals surface area contributed by atoms with Crippen molar-refractivity contribution in [2.24, 2.45) is 0 Å². The molecule has 0 spiro atoms. The molecule has 0 saturated heterocycles. The van der Waals surface area contributed by atoms with E-state index in [-0.39, 0.29) is 17.9 Å². The van der Waals surface area contributed by atoms with Crippen molar-refractivity contribution < 1.29 is 9.59 Å². The third-order valence-corrected chi connectivity index (χ3v) is 6.86. The van der Waals surface area contributed by atoms with Crippen LogP contribution in [-0.2, 0) is 13.0 Å². The van der Waals surface area contributed by atoms with Crippen LogP contribution in [0, 0.1) is 0 Å². The summed E-state index contributed by atoms with van der Waals surface area (Å²) in [7, 11) is 0. The minimum absolute atomic E-state index is 0.156. The Morgan fingerprint density at radius 3 is 2.32 bits per heavy atom. The maximum Gasteiger partial charge on any atom is 0.255 e. The molecule has 5 rings (SSSR count). The molecular weight excluding hydrogens is 458 g/mol. The summed E-state index contributed by atoms with van der Waals surface area (Å²) in [5, 5.41) is 5.95. The Kier molecular flexibility index (Phi) is 7.31. The van der Waals surface area contributed by atoms with Gasteiger partial charge in [0.05, 0.1) is 17.3 Å². The predicted molar refractivity (Wildman–Crippen MR) is 149 cm³/mol. The molecule has 0 aliphatic carbocycles. The number of rotatable bonds is 7. The summed E-state index contributed by atoms with van der Waals surface area (Å²) in [6.07, 6.45) is 2.27. The number of aryl methyl sites for hydroxylation is 1. The second kappa shape index (κ2) is 11.1. The number of benzene rings is 4. The zero-order valence-electron chi connectivity index (χ0n) is 21.0. The van der Waals surface area contributed by atoms with Crippen LogP contribution in [0.15, 0.2) is 103 Å². The minimum Gasteiger partial charge on any atom is -0.367 e. The fraction of sp³-hybridized carbons (Fsp3) is 0.188. The lowest BCUT2D eigenvalue weighted by Gasteiger charge is -2.31. The van der Waals surface area contributed by atoms with Crippen molar-refractivity contribution in [3.63, 3.8) is 0 Å². The molecule has 4 aromatic carbocycles. The van der Waals surface area contributed by atoms with E-state index in [0.29, 0.717) is 16.8 Å². The Hall–Kier alpha value is -4.38. The van der Waals surface area contributed by atoms with E-state index in [9.17, 15) is 9.59 Å². The van der Waals surface area contributed by atoms with E-state index in [1.807, 2.05) is 67.6 Å². The molecule has 1 heterocycles. The van der Waals surface area contributed by atoms with Crippen molar-refractivity contribution in [1.29, 1.82) is 0 Å². The van der Waals surface area contributed by atoms with Gasteiger partial charge in [-0.05, 0) is 66.8 Å². The first kappa shape index (κ1) is 24.3. The fourth-order valence-corrected chi connectivity index (χ4v) is 4.84. The highest BCUT2D eigenvalue weighted by Gasteiger charge is 2.18. The van der Waals surface area contributed by atoms with E-state index in [2.05, 4.69) is 39.8 Å².